The van der Waals surface area contributed by atoms with Crippen LogP contribution in [0.3, 0.4) is 0 Å². The molecular formula is C24H24N4O5. The first kappa shape index (κ1) is 21.9. The third kappa shape index (κ3) is 4.82. The highest BCUT2D eigenvalue weighted by molar-refractivity contribution is 5.89. The monoisotopic (exact) mass is 448 g/mol. The highest BCUT2D eigenvalue weighted by Gasteiger charge is 2.14. The lowest BCUT2D eigenvalue weighted by molar-refractivity contribution is -0.119. The number of hydrogen-bond donors (Lipinski definition) is 2. The highest BCUT2D eigenvalue weighted by Crippen LogP contribution is 2.34. The summed E-state index contributed by atoms with van der Waals surface area (Å²) >= 11 is 0. The van der Waals surface area contributed by atoms with E-state index in [9.17, 15) is 9.59 Å². The Morgan fingerprint density at radius 3 is 2.61 bits per heavy atom. The van der Waals surface area contributed by atoms with Crippen molar-refractivity contribution in [2.45, 2.75) is 13.8 Å². The van der Waals surface area contributed by atoms with Crippen molar-refractivity contribution < 1.29 is 23.8 Å². The van der Waals surface area contributed by atoms with Gasteiger partial charge in [0.1, 0.15) is 0 Å². The Morgan fingerprint density at radius 1 is 1.09 bits per heavy atom. The number of fused-ring (bicyclic) bond motifs is 1. The summed E-state index contributed by atoms with van der Waals surface area (Å²) in [5.74, 6) is 0.676. The first-order valence-corrected chi connectivity index (χ1v) is 10.3. The zero-order valence-corrected chi connectivity index (χ0v) is 18.5. The average Bonchev–Trinajstić information content (AvgIpc) is 3.40. The minimum absolute atomic E-state index is 0.0581. The number of rotatable bonds is 7. The smallest absolute Gasteiger partial charge is 0.337 e. The molecule has 0 radical (unpaired) electrons. The normalized spacial score (nSPS) is 12.1. The molecule has 0 aliphatic carbocycles. The van der Waals surface area contributed by atoms with E-state index in [1.807, 2.05) is 42.7 Å². The molecule has 0 bridgehead atoms. The summed E-state index contributed by atoms with van der Waals surface area (Å²) in [7, 11) is 1.36. The number of methoxy groups -OCH3 is 1. The van der Waals surface area contributed by atoms with E-state index in [1.54, 1.807) is 30.5 Å². The van der Waals surface area contributed by atoms with Crippen LogP contribution in [0.5, 0.6) is 11.5 Å². The van der Waals surface area contributed by atoms with Gasteiger partial charge in [-0.25, -0.2) is 10.2 Å². The van der Waals surface area contributed by atoms with Gasteiger partial charge in [0.25, 0.3) is 5.91 Å². The summed E-state index contributed by atoms with van der Waals surface area (Å²) in [6.07, 6.45) is 1.61. The Kier molecular flexibility index (Phi) is 6.30. The molecule has 2 heterocycles. The number of ether oxygens (including phenoxy) is 3. The second-order valence-electron chi connectivity index (χ2n) is 7.42. The van der Waals surface area contributed by atoms with Crippen LogP contribution in [0.2, 0.25) is 0 Å². The number of nitrogens with one attached hydrogen (secondary N) is 2. The molecule has 0 fully saturated rings. The minimum Gasteiger partial charge on any atom is -0.465 e. The first-order valence-electron chi connectivity index (χ1n) is 10.3. The molecule has 1 aliphatic rings. The number of hydrogen-bond acceptors (Lipinski definition) is 7. The lowest BCUT2D eigenvalue weighted by atomic mass is 10.2. The van der Waals surface area contributed by atoms with Crippen molar-refractivity contribution in [3.63, 3.8) is 0 Å². The molecule has 2 N–H and O–H groups in total. The second kappa shape index (κ2) is 9.47. The fourth-order valence-corrected chi connectivity index (χ4v) is 3.58. The average molecular weight is 448 g/mol. The van der Waals surface area contributed by atoms with Crippen LogP contribution in [0, 0.1) is 13.8 Å². The summed E-state index contributed by atoms with van der Waals surface area (Å²) in [5.41, 5.74) is 7.50. The molecule has 4 rings (SSSR count). The van der Waals surface area contributed by atoms with Crippen molar-refractivity contribution in [2.24, 2.45) is 5.10 Å². The SMILES string of the molecule is COC(=O)c1ccc(-n2c(C)cc(/C=N/NC(=O)CNc3ccc4c(c3)OCO4)c2C)cc1. The Morgan fingerprint density at radius 2 is 1.85 bits per heavy atom. The molecule has 2 aromatic carbocycles. The van der Waals surface area contributed by atoms with Crippen molar-refractivity contribution in [2.75, 3.05) is 25.8 Å². The number of carbonyl (C=O) groups is 2. The van der Waals surface area contributed by atoms with E-state index in [0.717, 1.165) is 28.3 Å². The molecule has 3 aromatic rings. The molecule has 9 heteroatoms. The van der Waals surface area contributed by atoms with Gasteiger partial charge in [0.05, 0.1) is 25.4 Å². The van der Waals surface area contributed by atoms with Crippen molar-refractivity contribution in [1.82, 2.24) is 9.99 Å². The van der Waals surface area contributed by atoms with E-state index in [-0.39, 0.29) is 25.2 Å². The van der Waals surface area contributed by atoms with E-state index in [2.05, 4.69) is 15.8 Å². The standard InChI is InChI=1S/C24H24N4O5/c1-15-10-18(16(2)28(15)20-7-4-17(5-8-20)24(30)31-3)12-26-27-23(29)13-25-19-6-9-21-22(11-19)33-14-32-21/h4-12,25H,13-14H2,1-3H3,(H,27,29)/b26-12+. The summed E-state index contributed by atoms with van der Waals surface area (Å²) in [5, 5.41) is 7.11. The molecular weight excluding hydrogens is 424 g/mol. The van der Waals surface area contributed by atoms with E-state index in [0.29, 0.717) is 17.1 Å². The largest absolute Gasteiger partial charge is 0.465 e. The van der Waals surface area contributed by atoms with Crippen molar-refractivity contribution in [3.05, 3.63) is 71.0 Å². The number of esters is 1. The van der Waals surface area contributed by atoms with Crippen LogP contribution in [0.1, 0.15) is 27.3 Å². The number of nitrogens with zero attached hydrogens (tertiary/aromatic N) is 2. The van der Waals surface area contributed by atoms with Gasteiger partial charge < -0.3 is 24.1 Å². The van der Waals surface area contributed by atoms with E-state index < -0.39 is 0 Å². The maximum absolute atomic E-state index is 12.1. The fourth-order valence-electron chi connectivity index (χ4n) is 3.58. The van der Waals surface area contributed by atoms with Crippen LogP contribution in [0.15, 0.2) is 53.6 Å². The van der Waals surface area contributed by atoms with Crippen molar-refractivity contribution >= 4 is 23.8 Å². The van der Waals surface area contributed by atoms with Gasteiger partial charge in [-0.3, -0.25) is 4.79 Å². The predicted molar refractivity (Wildman–Crippen MR) is 123 cm³/mol. The number of benzene rings is 2. The van der Waals surface area contributed by atoms with Gasteiger partial charge in [0.2, 0.25) is 6.79 Å². The van der Waals surface area contributed by atoms with Gasteiger partial charge in [-0.15, -0.1) is 0 Å². The summed E-state index contributed by atoms with van der Waals surface area (Å²) in [4.78, 5) is 23.8. The lowest BCUT2D eigenvalue weighted by Gasteiger charge is -2.10. The molecule has 9 nitrogen and oxygen atoms in total. The van der Waals surface area contributed by atoms with Crippen LogP contribution in [-0.2, 0) is 9.53 Å². The molecule has 170 valence electrons. The van der Waals surface area contributed by atoms with Crippen LogP contribution >= 0.6 is 0 Å². The molecule has 0 saturated carbocycles. The Balaban J connectivity index is 1.36. The topological polar surface area (TPSA) is 103 Å². The molecule has 1 aromatic heterocycles. The minimum atomic E-state index is -0.376. The van der Waals surface area contributed by atoms with E-state index >= 15 is 0 Å². The second-order valence-corrected chi connectivity index (χ2v) is 7.42. The lowest BCUT2D eigenvalue weighted by Crippen LogP contribution is -2.25. The van der Waals surface area contributed by atoms with Gasteiger partial charge in [0.15, 0.2) is 11.5 Å². The quantitative estimate of drug-likeness (QED) is 0.327. The van der Waals surface area contributed by atoms with Crippen molar-refractivity contribution in [3.8, 4) is 17.2 Å². The van der Waals surface area contributed by atoms with Gasteiger partial charge in [-0.2, -0.15) is 5.10 Å². The molecule has 0 saturated heterocycles. The Bertz CT molecular complexity index is 1210. The molecule has 0 unspecified atom stereocenters. The number of anilines is 1. The summed E-state index contributed by atoms with van der Waals surface area (Å²) in [6.45, 7) is 4.20. The van der Waals surface area contributed by atoms with Crippen LogP contribution in [0.25, 0.3) is 5.69 Å². The number of hydrazone groups is 1. The summed E-state index contributed by atoms with van der Waals surface area (Å²) < 4.78 is 17.4. The molecule has 0 atom stereocenters. The number of aryl methyl sites for hydroxylation is 1. The van der Waals surface area contributed by atoms with Gasteiger partial charge >= 0.3 is 5.97 Å². The molecule has 33 heavy (non-hydrogen) atoms. The molecule has 0 spiro atoms. The third-order valence-electron chi connectivity index (χ3n) is 5.24. The maximum atomic E-state index is 12.1. The van der Waals surface area contributed by atoms with Crippen LogP contribution in [0.4, 0.5) is 5.69 Å². The molecule has 1 amide bonds. The van der Waals surface area contributed by atoms with E-state index in [1.165, 1.54) is 7.11 Å². The Hall–Kier alpha value is -4.27. The number of aromatic nitrogens is 1. The molecule has 1 aliphatic heterocycles. The van der Waals surface area contributed by atoms with Gasteiger partial charge in [-0.05, 0) is 56.3 Å². The number of carbonyl (C=O) groups excluding carboxylic acids is 2. The maximum Gasteiger partial charge on any atom is 0.337 e. The zero-order chi connectivity index (χ0) is 23.4. The Labute approximate surface area is 191 Å². The van der Waals surface area contributed by atoms with Gasteiger partial charge in [0, 0.05) is 34.4 Å². The number of amides is 1. The summed E-state index contributed by atoms with van der Waals surface area (Å²) in [6, 6.07) is 14.5. The highest BCUT2D eigenvalue weighted by atomic mass is 16.7. The van der Waals surface area contributed by atoms with Crippen LogP contribution in [-0.4, -0.2) is 43.1 Å². The first-order chi connectivity index (χ1) is 16.0. The fraction of sp³-hybridized carbons (Fsp3) is 0.208. The van der Waals surface area contributed by atoms with Gasteiger partial charge in [-0.1, -0.05) is 0 Å². The van der Waals surface area contributed by atoms with Crippen LogP contribution < -0.4 is 20.2 Å². The zero-order valence-electron chi connectivity index (χ0n) is 18.5. The third-order valence-corrected chi connectivity index (χ3v) is 5.24. The predicted octanol–water partition coefficient (Wildman–Crippen LogP) is 3.17. The van der Waals surface area contributed by atoms with Crippen molar-refractivity contribution in [1.29, 1.82) is 0 Å². The van der Waals surface area contributed by atoms with E-state index in [4.69, 9.17) is 14.2 Å².